The predicted octanol–water partition coefficient (Wildman–Crippen LogP) is 3.49. The lowest BCUT2D eigenvalue weighted by Gasteiger charge is -2.15. The smallest absolute Gasteiger partial charge is 0.266 e. The molecule has 0 radical (unpaired) electrons. The van der Waals surface area contributed by atoms with Crippen LogP contribution >= 0.6 is 0 Å². The molecule has 0 bridgehead atoms. The van der Waals surface area contributed by atoms with Crippen molar-refractivity contribution in [2.24, 2.45) is 0 Å². The van der Waals surface area contributed by atoms with Gasteiger partial charge in [-0.2, -0.15) is 5.10 Å². The molecule has 2 heterocycles. The summed E-state index contributed by atoms with van der Waals surface area (Å²) in [5, 5.41) is 7.05. The monoisotopic (exact) mass is 339 g/mol. The van der Waals surface area contributed by atoms with E-state index in [2.05, 4.69) is 17.3 Å². The van der Waals surface area contributed by atoms with Gasteiger partial charge in [-0.15, -0.1) is 0 Å². The van der Waals surface area contributed by atoms with Crippen molar-refractivity contribution in [1.82, 2.24) is 9.78 Å². The van der Waals surface area contributed by atoms with E-state index in [-0.39, 0.29) is 5.91 Å². The number of anilines is 1. The molecule has 0 aliphatic rings. The highest BCUT2D eigenvalue weighted by Crippen LogP contribution is 2.16. The number of furan rings is 1. The number of aromatic nitrogens is 2. The molecule has 0 saturated carbocycles. The van der Waals surface area contributed by atoms with Gasteiger partial charge in [-0.25, -0.2) is 4.68 Å². The molecule has 6 heteroatoms. The number of benzene rings is 1. The van der Waals surface area contributed by atoms with Gasteiger partial charge < -0.3 is 14.5 Å². The lowest BCUT2D eigenvalue weighted by molar-refractivity contribution is -0.122. The summed E-state index contributed by atoms with van der Waals surface area (Å²) in [4.78, 5) is 12.4. The van der Waals surface area contributed by atoms with Gasteiger partial charge in [0, 0.05) is 6.07 Å². The van der Waals surface area contributed by atoms with Gasteiger partial charge in [0.1, 0.15) is 23.9 Å². The SMILES string of the molecule is CCc1ccc(OC(C)C(=O)Nc2ccnn2Cc2ccco2)cc1. The standard InChI is InChI=1S/C19H21N3O3/c1-3-15-6-8-16(9-7-15)25-14(2)19(23)21-18-10-11-20-22(18)13-17-5-4-12-24-17/h4-12,14H,3,13H2,1-2H3,(H,21,23). The van der Waals surface area contributed by atoms with Crippen LogP contribution in [0.1, 0.15) is 25.2 Å². The molecule has 130 valence electrons. The summed E-state index contributed by atoms with van der Waals surface area (Å²) < 4.78 is 12.7. The highest BCUT2D eigenvalue weighted by atomic mass is 16.5. The van der Waals surface area contributed by atoms with Crippen LogP contribution < -0.4 is 10.1 Å². The first-order valence-electron chi connectivity index (χ1n) is 8.26. The minimum atomic E-state index is -0.626. The Labute approximate surface area is 146 Å². The van der Waals surface area contributed by atoms with Crippen LogP contribution in [0.2, 0.25) is 0 Å². The van der Waals surface area contributed by atoms with Crippen LogP contribution in [0.25, 0.3) is 0 Å². The minimum Gasteiger partial charge on any atom is -0.481 e. The zero-order chi connectivity index (χ0) is 17.6. The molecule has 3 rings (SSSR count). The molecule has 1 unspecified atom stereocenters. The van der Waals surface area contributed by atoms with Gasteiger partial charge in [0.25, 0.3) is 5.91 Å². The molecule has 1 aromatic carbocycles. The van der Waals surface area contributed by atoms with Crippen molar-refractivity contribution in [1.29, 1.82) is 0 Å². The number of ether oxygens (including phenoxy) is 1. The summed E-state index contributed by atoms with van der Waals surface area (Å²) in [5.74, 6) is 1.79. The number of nitrogens with one attached hydrogen (secondary N) is 1. The number of rotatable bonds is 7. The van der Waals surface area contributed by atoms with Crippen LogP contribution in [0.5, 0.6) is 5.75 Å². The third-order valence-corrected chi connectivity index (χ3v) is 3.87. The van der Waals surface area contributed by atoms with E-state index in [9.17, 15) is 4.79 Å². The maximum absolute atomic E-state index is 12.4. The van der Waals surface area contributed by atoms with Crippen molar-refractivity contribution in [3.8, 4) is 5.75 Å². The normalized spacial score (nSPS) is 11.9. The van der Waals surface area contributed by atoms with E-state index in [1.807, 2.05) is 36.4 Å². The van der Waals surface area contributed by atoms with Gasteiger partial charge in [-0.3, -0.25) is 4.79 Å². The van der Waals surface area contributed by atoms with Gasteiger partial charge in [0.15, 0.2) is 6.10 Å². The summed E-state index contributed by atoms with van der Waals surface area (Å²) in [6, 6.07) is 13.2. The van der Waals surface area contributed by atoms with E-state index in [0.717, 1.165) is 12.2 Å². The van der Waals surface area contributed by atoms with Crippen LogP contribution in [0.3, 0.4) is 0 Å². The van der Waals surface area contributed by atoms with Crippen LogP contribution in [-0.4, -0.2) is 21.8 Å². The molecule has 25 heavy (non-hydrogen) atoms. The number of amides is 1. The molecule has 1 N–H and O–H groups in total. The first-order valence-corrected chi connectivity index (χ1v) is 8.26. The van der Waals surface area contributed by atoms with Crippen molar-refractivity contribution in [2.75, 3.05) is 5.32 Å². The van der Waals surface area contributed by atoms with Crippen molar-refractivity contribution in [3.05, 3.63) is 66.2 Å². The third kappa shape index (κ3) is 4.29. The Kier molecular flexibility index (Phi) is 5.18. The largest absolute Gasteiger partial charge is 0.481 e. The number of carbonyl (C=O) groups excluding carboxylic acids is 1. The molecule has 6 nitrogen and oxygen atoms in total. The zero-order valence-electron chi connectivity index (χ0n) is 14.3. The third-order valence-electron chi connectivity index (χ3n) is 3.87. The van der Waals surface area contributed by atoms with E-state index in [1.54, 1.807) is 30.1 Å². The fourth-order valence-electron chi connectivity index (χ4n) is 2.40. The van der Waals surface area contributed by atoms with Crippen molar-refractivity contribution in [2.45, 2.75) is 32.9 Å². The predicted molar refractivity (Wildman–Crippen MR) is 94.6 cm³/mol. The first-order chi connectivity index (χ1) is 12.2. The van der Waals surface area contributed by atoms with Gasteiger partial charge in [-0.05, 0) is 43.2 Å². The second-order valence-electron chi connectivity index (χ2n) is 5.70. The van der Waals surface area contributed by atoms with Crippen molar-refractivity contribution in [3.63, 3.8) is 0 Å². The van der Waals surface area contributed by atoms with Crippen LogP contribution in [0.15, 0.2) is 59.3 Å². The number of carbonyl (C=O) groups is 1. The van der Waals surface area contributed by atoms with E-state index in [4.69, 9.17) is 9.15 Å². The average Bonchev–Trinajstić information content (AvgIpc) is 3.28. The maximum atomic E-state index is 12.4. The van der Waals surface area contributed by atoms with Crippen LogP contribution in [-0.2, 0) is 17.8 Å². The molecule has 3 aromatic rings. The zero-order valence-corrected chi connectivity index (χ0v) is 14.3. The second kappa shape index (κ2) is 7.70. The molecule has 0 saturated heterocycles. The van der Waals surface area contributed by atoms with Crippen molar-refractivity contribution >= 4 is 11.7 Å². The van der Waals surface area contributed by atoms with Gasteiger partial charge in [0.2, 0.25) is 0 Å². The fourth-order valence-corrected chi connectivity index (χ4v) is 2.40. The van der Waals surface area contributed by atoms with E-state index in [1.165, 1.54) is 5.56 Å². The molecular weight excluding hydrogens is 318 g/mol. The number of hydrogen-bond acceptors (Lipinski definition) is 4. The Balaban J connectivity index is 1.60. The topological polar surface area (TPSA) is 69.3 Å². The van der Waals surface area contributed by atoms with Crippen LogP contribution in [0, 0.1) is 0 Å². The van der Waals surface area contributed by atoms with Crippen molar-refractivity contribution < 1.29 is 13.9 Å². The summed E-state index contributed by atoms with van der Waals surface area (Å²) in [7, 11) is 0. The molecule has 0 spiro atoms. The molecule has 1 atom stereocenters. The molecule has 0 aliphatic heterocycles. The van der Waals surface area contributed by atoms with Crippen LogP contribution in [0.4, 0.5) is 5.82 Å². The Morgan fingerprint density at radius 2 is 2.08 bits per heavy atom. The van der Waals surface area contributed by atoms with Gasteiger partial charge in [-0.1, -0.05) is 19.1 Å². The maximum Gasteiger partial charge on any atom is 0.266 e. The number of hydrogen-bond donors (Lipinski definition) is 1. The van der Waals surface area contributed by atoms with E-state index >= 15 is 0 Å². The lowest BCUT2D eigenvalue weighted by Crippen LogP contribution is -2.31. The minimum absolute atomic E-state index is 0.235. The first kappa shape index (κ1) is 16.8. The molecule has 2 aromatic heterocycles. The number of aryl methyl sites for hydroxylation is 1. The Morgan fingerprint density at radius 3 is 2.76 bits per heavy atom. The lowest BCUT2D eigenvalue weighted by atomic mass is 10.2. The summed E-state index contributed by atoms with van der Waals surface area (Å²) in [5.41, 5.74) is 1.23. The average molecular weight is 339 g/mol. The van der Waals surface area contributed by atoms with Gasteiger partial charge >= 0.3 is 0 Å². The van der Waals surface area contributed by atoms with E-state index in [0.29, 0.717) is 18.1 Å². The molecule has 0 aliphatic carbocycles. The van der Waals surface area contributed by atoms with E-state index < -0.39 is 6.10 Å². The number of nitrogens with zero attached hydrogens (tertiary/aromatic N) is 2. The second-order valence-corrected chi connectivity index (χ2v) is 5.70. The Bertz CT molecular complexity index is 807. The summed E-state index contributed by atoms with van der Waals surface area (Å²) in [6.45, 7) is 4.26. The molecular formula is C19H21N3O3. The highest BCUT2D eigenvalue weighted by molar-refractivity contribution is 5.93. The fraction of sp³-hybridized carbons (Fsp3) is 0.263. The summed E-state index contributed by atoms with van der Waals surface area (Å²) in [6.07, 6.45) is 3.58. The Hall–Kier alpha value is -3.02. The van der Waals surface area contributed by atoms with Gasteiger partial charge in [0.05, 0.1) is 12.5 Å². The molecule has 0 fully saturated rings. The quantitative estimate of drug-likeness (QED) is 0.715. The highest BCUT2D eigenvalue weighted by Gasteiger charge is 2.17. The Morgan fingerprint density at radius 1 is 1.28 bits per heavy atom. The summed E-state index contributed by atoms with van der Waals surface area (Å²) >= 11 is 0. The molecule has 1 amide bonds.